The molecule has 0 aliphatic carbocycles. The van der Waals surface area contributed by atoms with E-state index in [9.17, 15) is 35.1 Å². The normalized spacial score (nSPS) is 11.6. The largest absolute Gasteiger partial charge is 0.204 e. The molecular formula is C26H8F10. The fraction of sp³-hybridized carbons (Fsp3) is 0. The van der Waals surface area contributed by atoms with Crippen LogP contribution in [0, 0.1) is 58.2 Å². The maximum Gasteiger partial charge on any atom is 0.198 e. The van der Waals surface area contributed by atoms with E-state index >= 15 is 8.78 Å². The topological polar surface area (TPSA) is 0 Å². The molecule has 0 atom stereocenters. The third-order valence-electron chi connectivity index (χ3n) is 5.80. The van der Waals surface area contributed by atoms with Gasteiger partial charge in [0.15, 0.2) is 58.2 Å². The van der Waals surface area contributed by atoms with E-state index in [2.05, 4.69) is 0 Å². The van der Waals surface area contributed by atoms with Crippen LogP contribution in [0.25, 0.3) is 43.8 Å². The summed E-state index contributed by atoms with van der Waals surface area (Å²) in [6.45, 7) is 0. The molecule has 5 aromatic rings. The Labute approximate surface area is 195 Å². The number of hydrogen-bond acceptors (Lipinski definition) is 0. The standard InChI is InChI=1S/C26H8F10/c27-12-6-5-9(7-13(12)28)16-10-3-1-2-4-11(10)17(20-21(31)14(29)8-15(30)22(20)32)19-18(16)23(33)25(35)26(36)24(19)34/h1-8H. The van der Waals surface area contributed by atoms with E-state index in [4.69, 9.17) is 0 Å². The Kier molecular flexibility index (Phi) is 5.42. The van der Waals surface area contributed by atoms with Crippen LogP contribution in [0.5, 0.6) is 0 Å². The van der Waals surface area contributed by atoms with Crippen molar-refractivity contribution >= 4 is 21.5 Å². The van der Waals surface area contributed by atoms with E-state index in [0.29, 0.717) is 12.1 Å². The molecule has 0 spiro atoms. The first-order valence-corrected chi connectivity index (χ1v) is 10.0. The summed E-state index contributed by atoms with van der Waals surface area (Å²) in [6.07, 6.45) is 0. The quantitative estimate of drug-likeness (QED) is 0.0965. The van der Waals surface area contributed by atoms with Gasteiger partial charge in [-0.05, 0) is 28.5 Å². The molecule has 0 radical (unpaired) electrons. The van der Waals surface area contributed by atoms with Crippen LogP contribution in [-0.4, -0.2) is 0 Å². The monoisotopic (exact) mass is 510 g/mol. The first-order chi connectivity index (χ1) is 17.0. The lowest BCUT2D eigenvalue weighted by Gasteiger charge is -2.20. The molecule has 0 amide bonds. The minimum absolute atomic E-state index is 0.120. The van der Waals surface area contributed by atoms with Crippen LogP contribution in [0.2, 0.25) is 0 Å². The molecule has 0 aliphatic heterocycles. The molecule has 182 valence electrons. The number of rotatable bonds is 2. The molecule has 0 nitrogen and oxygen atoms in total. The van der Waals surface area contributed by atoms with E-state index in [1.54, 1.807) is 0 Å². The van der Waals surface area contributed by atoms with E-state index in [-0.39, 0.29) is 22.4 Å². The number of halogens is 10. The molecule has 0 fully saturated rings. The summed E-state index contributed by atoms with van der Waals surface area (Å²) in [5, 5.41) is -2.99. The van der Waals surface area contributed by atoms with Gasteiger partial charge in [-0.1, -0.05) is 30.3 Å². The summed E-state index contributed by atoms with van der Waals surface area (Å²) in [5.74, 6) is -19.4. The van der Waals surface area contributed by atoms with Crippen LogP contribution < -0.4 is 0 Å². The van der Waals surface area contributed by atoms with Crippen molar-refractivity contribution in [3.63, 3.8) is 0 Å². The van der Waals surface area contributed by atoms with Crippen LogP contribution >= 0.6 is 0 Å². The van der Waals surface area contributed by atoms with Gasteiger partial charge >= 0.3 is 0 Å². The summed E-state index contributed by atoms with van der Waals surface area (Å²) in [7, 11) is 0. The minimum Gasteiger partial charge on any atom is -0.204 e. The van der Waals surface area contributed by atoms with Crippen molar-refractivity contribution in [1.82, 2.24) is 0 Å². The van der Waals surface area contributed by atoms with Gasteiger partial charge in [-0.2, -0.15) is 0 Å². The van der Waals surface area contributed by atoms with E-state index in [0.717, 1.165) is 12.1 Å². The maximum absolute atomic E-state index is 15.3. The fourth-order valence-electron chi connectivity index (χ4n) is 4.29. The van der Waals surface area contributed by atoms with Crippen molar-refractivity contribution in [1.29, 1.82) is 0 Å². The second-order valence-electron chi connectivity index (χ2n) is 7.77. The van der Waals surface area contributed by atoms with E-state index in [1.165, 1.54) is 18.2 Å². The molecule has 0 aromatic heterocycles. The molecule has 0 N–H and O–H groups in total. The molecule has 5 aromatic carbocycles. The lowest BCUT2D eigenvalue weighted by atomic mass is 9.85. The fourth-order valence-corrected chi connectivity index (χ4v) is 4.29. The molecule has 0 heterocycles. The van der Waals surface area contributed by atoms with Gasteiger partial charge in [0.2, 0.25) is 0 Å². The van der Waals surface area contributed by atoms with E-state index in [1.807, 2.05) is 0 Å². The molecular weight excluding hydrogens is 502 g/mol. The summed E-state index contributed by atoms with van der Waals surface area (Å²) in [6, 6.07) is 6.85. The number of fused-ring (bicyclic) bond motifs is 2. The smallest absolute Gasteiger partial charge is 0.198 e. The highest BCUT2D eigenvalue weighted by atomic mass is 19.2. The molecule has 0 unspecified atom stereocenters. The predicted molar refractivity (Wildman–Crippen MR) is 112 cm³/mol. The van der Waals surface area contributed by atoms with Gasteiger partial charge < -0.3 is 0 Å². The van der Waals surface area contributed by atoms with Crippen LogP contribution in [-0.2, 0) is 0 Å². The van der Waals surface area contributed by atoms with Gasteiger partial charge in [-0.25, -0.2) is 43.9 Å². The van der Waals surface area contributed by atoms with Crippen molar-refractivity contribution in [3.05, 3.63) is 107 Å². The summed E-state index contributed by atoms with van der Waals surface area (Å²) < 4.78 is 145. The third-order valence-corrected chi connectivity index (χ3v) is 5.80. The molecule has 0 saturated heterocycles. The zero-order valence-electron chi connectivity index (χ0n) is 17.4. The lowest BCUT2D eigenvalue weighted by Crippen LogP contribution is -2.05. The Morgan fingerprint density at radius 1 is 0.361 bits per heavy atom. The van der Waals surface area contributed by atoms with Crippen LogP contribution in [0.3, 0.4) is 0 Å². The predicted octanol–water partition coefficient (Wildman–Crippen LogP) is 8.72. The van der Waals surface area contributed by atoms with Crippen molar-refractivity contribution in [2.75, 3.05) is 0 Å². The average molecular weight is 510 g/mol. The van der Waals surface area contributed by atoms with Gasteiger partial charge in [0, 0.05) is 28.0 Å². The first-order valence-electron chi connectivity index (χ1n) is 10.0. The summed E-state index contributed by atoms with van der Waals surface area (Å²) in [4.78, 5) is 0. The highest BCUT2D eigenvalue weighted by Crippen LogP contribution is 2.48. The van der Waals surface area contributed by atoms with Gasteiger partial charge in [0.05, 0.1) is 5.56 Å². The van der Waals surface area contributed by atoms with Crippen molar-refractivity contribution in [2.45, 2.75) is 0 Å². The van der Waals surface area contributed by atoms with Gasteiger partial charge in [0.1, 0.15) is 0 Å². The zero-order chi connectivity index (χ0) is 26.0. The van der Waals surface area contributed by atoms with E-state index < -0.39 is 85.6 Å². The molecule has 36 heavy (non-hydrogen) atoms. The van der Waals surface area contributed by atoms with Gasteiger partial charge in [-0.15, -0.1) is 0 Å². The second-order valence-corrected chi connectivity index (χ2v) is 7.77. The molecule has 0 saturated carbocycles. The van der Waals surface area contributed by atoms with Crippen molar-refractivity contribution < 1.29 is 43.9 Å². The highest BCUT2D eigenvalue weighted by molar-refractivity contribution is 6.21. The van der Waals surface area contributed by atoms with Crippen LogP contribution in [0.15, 0.2) is 48.5 Å². The zero-order valence-corrected chi connectivity index (χ0v) is 17.4. The SMILES string of the molecule is Fc1ccc(-c2c3ccccc3c(-c3c(F)c(F)cc(F)c3F)c3c(F)c(F)c(F)c(F)c23)cc1F. The Bertz CT molecular complexity index is 1710. The van der Waals surface area contributed by atoms with Gasteiger partial charge in [-0.3, -0.25) is 0 Å². The number of hydrogen-bond donors (Lipinski definition) is 0. The third kappa shape index (κ3) is 3.24. The Balaban J connectivity index is 2.16. The Hall–Kier alpha value is -4.08. The molecule has 10 heteroatoms. The second kappa shape index (κ2) is 8.25. The maximum atomic E-state index is 15.3. The van der Waals surface area contributed by atoms with Crippen LogP contribution in [0.1, 0.15) is 0 Å². The Morgan fingerprint density at radius 3 is 1.39 bits per heavy atom. The summed E-state index contributed by atoms with van der Waals surface area (Å²) in [5.41, 5.74) is -3.35. The van der Waals surface area contributed by atoms with Crippen molar-refractivity contribution in [2.24, 2.45) is 0 Å². The Morgan fingerprint density at radius 2 is 0.861 bits per heavy atom. The minimum atomic E-state index is -2.37. The molecule has 0 aliphatic rings. The number of benzene rings is 5. The van der Waals surface area contributed by atoms with Gasteiger partial charge in [0.25, 0.3) is 0 Å². The van der Waals surface area contributed by atoms with Crippen LogP contribution in [0.4, 0.5) is 43.9 Å². The van der Waals surface area contributed by atoms with Crippen molar-refractivity contribution in [3.8, 4) is 22.3 Å². The molecule has 0 bridgehead atoms. The average Bonchev–Trinajstić information content (AvgIpc) is 2.86. The summed E-state index contributed by atoms with van der Waals surface area (Å²) >= 11 is 0. The molecule has 5 rings (SSSR count). The highest BCUT2D eigenvalue weighted by Gasteiger charge is 2.32. The first kappa shape index (κ1) is 23.7. The lowest BCUT2D eigenvalue weighted by molar-refractivity contribution is 0.418.